The first kappa shape index (κ1) is 19.3. The van der Waals surface area contributed by atoms with Gasteiger partial charge in [-0.15, -0.1) is 0 Å². The van der Waals surface area contributed by atoms with Crippen molar-refractivity contribution < 1.29 is 13.2 Å². The van der Waals surface area contributed by atoms with Crippen molar-refractivity contribution in [2.24, 2.45) is 5.92 Å². The molecule has 0 aliphatic heterocycles. The molecule has 0 aliphatic carbocycles. The minimum Gasteiger partial charge on any atom is -0.495 e. The number of aryl methyl sites for hydroxylation is 2. The summed E-state index contributed by atoms with van der Waals surface area (Å²) >= 11 is 0. The predicted molar refractivity (Wildman–Crippen MR) is 104 cm³/mol. The Morgan fingerprint density at radius 1 is 1.22 bits per heavy atom. The minimum atomic E-state index is -3.70. The summed E-state index contributed by atoms with van der Waals surface area (Å²) in [4.78, 5) is 4.67. The summed E-state index contributed by atoms with van der Waals surface area (Å²) in [5.41, 5.74) is 4.01. The number of sulfonamides is 1. The van der Waals surface area contributed by atoms with Gasteiger partial charge in [-0.25, -0.2) is 22.6 Å². The molecule has 0 saturated heterocycles. The van der Waals surface area contributed by atoms with Crippen molar-refractivity contribution >= 4 is 15.7 Å². The molecule has 0 unspecified atom stereocenters. The molecule has 0 amide bonds. The molecule has 0 atom stereocenters. The smallest absolute Gasteiger partial charge is 0.244 e. The topological polar surface area (TPSA) is 85.6 Å². The van der Waals surface area contributed by atoms with E-state index in [2.05, 4.69) is 14.8 Å². The van der Waals surface area contributed by atoms with E-state index in [9.17, 15) is 8.42 Å². The Morgan fingerprint density at radius 3 is 2.63 bits per heavy atom. The molecule has 1 N–H and O–H groups in total. The molecular weight excluding hydrogens is 364 g/mol. The average molecular weight is 388 g/mol. The standard InChI is InChI=1S/C19H24N4O3S/c1-12(2)10-21-27(24,25)18-9-15(6-7-17(18)26-5)16-11-20-23-14(4)8-13(3)22-19(16)23/h6-9,11-12,21H,10H2,1-5H3. The number of benzene rings is 1. The highest BCUT2D eigenvalue weighted by Crippen LogP contribution is 2.31. The van der Waals surface area contributed by atoms with Gasteiger partial charge >= 0.3 is 0 Å². The summed E-state index contributed by atoms with van der Waals surface area (Å²) in [6.45, 7) is 8.13. The number of nitrogens with one attached hydrogen (secondary N) is 1. The molecule has 0 bridgehead atoms. The van der Waals surface area contributed by atoms with Crippen LogP contribution in [0.3, 0.4) is 0 Å². The molecule has 7 nitrogen and oxygen atoms in total. The summed E-state index contributed by atoms with van der Waals surface area (Å²) in [5, 5.41) is 4.39. The van der Waals surface area contributed by atoms with Gasteiger partial charge < -0.3 is 4.74 Å². The molecule has 3 aromatic rings. The van der Waals surface area contributed by atoms with E-state index < -0.39 is 10.0 Å². The largest absolute Gasteiger partial charge is 0.495 e. The van der Waals surface area contributed by atoms with Gasteiger partial charge in [0.25, 0.3) is 0 Å². The van der Waals surface area contributed by atoms with E-state index in [1.54, 1.807) is 22.8 Å². The van der Waals surface area contributed by atoms with Crippen molar-refractivity contribution in [1.82, 2.24) is 19.3 Å². The molecule has 0 spiro atoms. The summed E-state index contributed by atoms with van der Waals surface area (Å²) in [6.07, 6.45) is 1.70. The molecule has 3 rings (SSSR count). The molecule has 27 heavy (non-hydrogen) atoms. The SMILES string of the molecule is COc1ccc(-c2cnn3c(C)cc(C)nc23)cc1S(=O)(=O)NCC(C)C. The second kappa shape index (κ2) is 7.28. The fourth-order valence-corrected chi connectivity index (χ4v) is 4.29. The van der Waals surface area contributed by atoms with Gasteiger partial charge in [0.15, 0.2) is 5.65 Å². The number of ether oxygens (including phenoxy) is 1. The third-order valence-corrected chi connectivity index (χ3v) is 5.67. The van der Waals surface area contributed by atoms with Crippen molar-refractivity contribution in [1.29, 1.82) is 0 Å². The summed E-state index contributed by atoms with van der Waals surface area (Å²) < 4.78 is 35.2. The van der Waals surface area contributed by atoms with Crippen LogP contribution >= 0.6 is 0 Å². The van der Waals surface area contributed by atoms with E-state index in [1.807, 2.05) is 39.8 Å². The van der Waals surface area contributed by atoms with Gasteiger partial charge in [-0.05, 0) is 43.5 Å². The van der Waals surface area contributed by atoms with Crippen molar-refractivity contribution in [3.05, 3.63) is 41.9 Å². The van der Waals surface area contributed by atoms with Gasteiger partial charge in [0.05, 0.1) is 13.3 Å². The van der Waals surface area contributed by atoms with Crippen LogP contribution in [0.25, 0.3) is 16.8 Å². The lowest BCUT2D eigenvalue weighted by atomic mass is 10.1. The Labute approximate surface area is 159 Å². The summed E-state index contributed by atoms with van der Waals surface area (Å²) in [7, 11) is -2.25. The zero-order valence-electron chi connectivity index (χ0n) is 16.1. The van der Waals surface area contributed by atoms with Gasteiger partial charge in [-0.2, -0.15) is 5.10 Å². The van der Waals surface area contributed by atoms with Crippen LogP contribution in [0, 0.1) is 19.8 Å². The lowest BCUT2D eigenvalue weighted by Gasteiger charge is -2.13. The average Bonchev–Trinajstić information content (AvgIpc) is 3.03. The first-order chi connectivity index (χ1) is 12.7. The van der Waals surface area contributed by atoms with Crippen LogP contribution < -0.4 is 9.46 Å². The maximum atomic E-state index is 12.8. The Bertz CT molecular complexity index is 1090. The lowest BCUT2D eigenvalue weighted by Crippen LogP contribution is -2.27. The second-order valence-corrected chi connectivity index (χ2v) is 8.68. The number of methoxy groups -OCH3 is 1. The number of rotatable bonds is 6. The van der Waals surface area contributed by atoms with Crippen LogP contribution in [0.5, 0.6) is 5.75 Å². The quantitative estimate of drug-likeness (QED) is 0.702. The first-order valence-electron chi connectivity index (χ1n) is 8.73. The van der Waals surface area contributed by atoms with Crippen LogP contribution in [0.15, 0.2) is 35.4 Å². The van der Waals surface area contributed by atoms with E-state index in [1.165, 1.54) is 7.11 Å². The first-order valence-corrected chi connectivity index (χ1v) is 10.2. The molecule has 0 radical (unpaired) electrons. The van der Waals surface area contributed by atoms with E-state index in [4.69, 9.17) is 4.74 Å². The van der Waals surface area contributed by atoms with Crippen LogP contribution in [0.4, 0.5) is 0 Å². The van der Waals surface area contributed by atoms with Gasteiger partial charge in [0.1, 0.15) is 10.6 Å². The number of nitrogens with zero attached hydrogens (tertiary/aromatic N) is 3. The highest BCUT2D eigenvalue weighted by Gasteiger charge is 2.22. The molecule has 8 heteroatoms. The highest BCUT2D eigenvalue weighted by atomic mass is 32.2. The van der Waals surface area contributed by atoms with Crippen molar-refractivity contribution in [3.63, 3.8) is 0 Å². The van der Waals surface area contributed by atoms with E-state index in [-0.39, 0.29) is 10.8 Å². The van der Waals surface area contributed by atoms with Crippen LogP contribution in [0.2, 0.25) is 0 Å². The van der Waals surface area contributed by atoms with Crippen LogP contribution in [-0.2, 0) is 10.0 Å². The summed E-state index contributed by atoms with van der Waals surface area (Å²) in [5.74, 6) is 0.496. The third-order valence-electron chi connectivity index (χ3n) is 4.22. The molecule has 1 aromatic carbocycles. The van der Waals surface area contributed by atoms with Crippen molar-refractivity contribution in [2.45, 2.75) is 32.6 Å². The second-order valence-electron chi connectivity index (χ2n) is 6.94. The number of hydrogen-bond acceptors (Lipinski definition) is 5. The Balaban J connectivity index is 2.14. The van der Waals surface area contributed by atoms with Crippen molar-refractivity contribution in [2.75, 3.05) is 13.7 Å². The molecule has 144 valence electrons. The van der Waals surface area contributed by atoms with E-state index >= 15 is 0 Å². The van der Waals surface area contributed by atoms with Gasteiger partial charge in [-0.3, -0.25) is 0 Å². The van der Waals surface area contributed by atoms with Crippen LogP contribution in [-0.4, -0.2) is 36.7 Å². The lowest BCUT2D eigenvalue weighted by molar-refractivity contribution is 0.402. The zero-order valence-corrected chi connectivity index (χ0v) is 17.0. The Morgan fingerprint density at radius 2 is 1.96 bits per heavy atom. The maximum absolute atomic E-state index is 12.8. The highest BCUT2D eigenvalue weighted by molar-refractivity contribution is 7.89. The molecule has 0 aliphatic rings. The number of hydrogen-bond donors (Lipinski definition) is 1. The fourth-order valence-electron chi connectivity index (χ4n) is 2.88. The monoisotopic (exact) mass is 388 g/mol. The predicted octanol–water partition coefficient (Wildman–Crippen LogP) is 2.96. The third kappa shape index (κ3) is 3.81. The minimum absolute atomic E-state index is 0.104. The van der Waals surface area contributed by atoms with E-state index in [0.717, 1.165) is 17.0 Å². The molecular formula is C19H24N4O3S. The van der Waals surface area contributed by atoms with Crippen LogP contribution in [0.1, 0.15) is 25.2 Å². The molecule has 0 saturated carbocycles. The van der Waals surface area contributed by atoms with Gasteiger partial charge in [0.2, 0.25) is 10.0 Å². The molecule has 2 heterocycles. The normalized spacial score (nSPS) is 12.1. The van der Waals surface area contributed by atoms with Crippen molar-refractivity contribution in [3.8, 4) is 16.9 Å². The zero-order chi connectivity index (χ0) is 19.8. The number of aromatic nitrogens is 3. The maximum Gasteiger partial charge on any atom is 0.244 e. The Kier molecular flexibility index (Phi) is 5.21. The van der Waals surface area contributed by atoms with E-state index in [0.29, 0.717) is 23.5 Å². The molecule has 0 fully saturated rings. The fraction of sp³-hybridized carbons (Fsp3) is 0.368. The van der Waals surface area contributed by atoms with Gasteiger partial charge in [-0.1, -0.05) is 19.9 Å². The Hall–Kier alpha value is -2.45. The number of fused-ring (bicyclic) bond motifs is 1. The van der Waals surface area contributed by atoms with Gasteiger partial charge in [0, 0.05) is 23.5 Å². The summed E-state index contributed by atoms with van der Waals surface area (Å²) in [6, 6.07) is 7.03. The molecule has 2 aromatic heterocycles.